The summed E-state index contributed by atoms with van der Waals surface area (Å²) in [6, 6.07) is 4.56. The molecule has 0 radical (unpaired) electrons. The molecule has 1 aliphatic heterocycles. The van der Waals surface area contributed by atoms with Crippen LogP contribution in [0.2, 0.25) is 10.0 Å². The molecule has 0 spiro atoms. The van der Waals surface area contributed by atoms with Crippen molar-refractivity contribution in [1.29, 1.82) is 0 Å². The van der Waals surface area contributed by atoms with E-state index in [4.69, 9.17) is 23.2 Å². The number of carbonyl (C=O) groups excluding carboxylic acids is 1. The van der Waals surface area contributed by atoms with Crippen molar-refractivity contribution in [3.05, 3.63) is 28.2 Å². The first-order chi connectivity index (χ1) is 10.4. The van der Waals surface area contributed by atoms with Crippen LogP contribution < -0.4 is 5.48 Å². The maximum Gasteiger partial charge on any atom is 0.246 e. The fourth-order valence-corrected chi connectivity index (χ4v) is 4.96. The van der Waals surface area contributed by atoms with Gasteiger partial charge in [-0.25, -0.2) is 13.9 Å². The minimum absolute atomic E-state index is 0.0851. The van der Waals surface area contributed by atoms with Gasteiger partial charge in [-0.2, -0.15) is 4.31 Å². The fraction of sp³-hybridized carbons (Fsp3) is 0.462. The zero-order valence-corrected chi connectivity index (χ0v) is 14.2. The van der Waals surface area contributed by atoms with Crippen LogP contribution in [0.3, 0.4) is 0 Å². The van der Waals surface area contributed by atoms with E-state index in [2.05, 4.69) is 10.3 Å². The number of hydrogen-bond acceptors (Lipinski definition) is 4. The van der Waals surface area contributed by atoms with Gasteiger partial charge in [0.25, 0.3) is 0 Å². The summed E-state index contributed by atoms with van der Waals surface area (Å²) in [5.74, 6) is -0.511. The maximum absolute atomic E-state index is 12.7. The first-order valence-electron chi connectivity index (χ1n) is 6.65. The molecule has 22 heavy (non-hydrogen) atoms. The van der Waals surface area contributed by atoms with Gasteiger partial charge in [-0.15, -0.1) is 0 Å². The highest BCUT2D eigenvalue weighted by Gasteiger charge is 2.34. The molecular formula is C13H16Cl2N2O4S. The van der Waals surface area contributed by atoms with Gasteiger partial charge in [-0.3, -0.25) is 9.63 Å². The smallest absolute Gasteiger partial charge is 0.246 e. The first-order valence-corrected chi connectivity index (χ1v) is 8.84. The number of rotatable bonds is 4. The molecule has 0 atom stereocenters. The molecule has 0 bridgehead atoms. The van der Waals surface area contributed by atoms with Crippen molar-refractivity contribution < 1.29 is 18.0 Å². The third kappa shape index (κ3) is 3.55. The fourth-order valence-electron chi connectivity index (χ4n) is 2.40. The number of nitrogens with one attached hydrogen (secondary N) is 1. The lowest BCUT2D eigenvalue weighted by atomic mass is 9.98. The lowest BCUT2D eigenvalue weighted by Gasteiger charge is -2.30. The molecule has 1 heterocycles. The third-order valence-corrected chi connectivity index (χ3v) is 6.40. The zero-order chi connectivity index (χ0) is 16.3. The van der Waals surface area contributed by atoms with Crippen molar-refractivity contribution in [2.45, 2.75) is 17.7 Å². The van der Waals surface area contributed by atoms with E-state index in [-0.39, 0.29) is 39.9 Å². The Morgan fingerprint density at radius 1 is 1.27 bits per heavy atom. The molecule has 1 fully saturated rings. The minimum Gasteiger partial charge on any atom is -0.277 e. The van der Waals surface area contributed by atoms with Crippen molar-refractivity contribution >= 4 is 39.1 Å². The van der Waals surface area contributed by atoms with Crippen LogP contribution in [0.4, 0.5) is 0 Å². The summed E-state index contributed by atoms with van der Waals surface area (Å²) >= 11 is 12.0. The largest absolute Gasteiger partial charge is 0.277 e. The van der Waals surface area contributed by atoms with E-state index in [1.165, 1.54) is 23.5 Å². The lowest BCUT2D eigenvalue weighted by molar-refractivity contribution is -0.136. The van der Waals surface area contributed by atoms with Crippen LogP contribution >= 0.6 is 23.2 Å². The second-order valence-corrected chi connectivity index (χ2v) is 7.59. The van der Waals surface area contributed by atoms with Gasteiger partial charge >= 0.3 is 0 Å². The molecule has 1 aliphatic rings. The van der Waals surface area contributed by atoms with Crippen molar-refractivity contribution in [2.75, 3.05) is 20.2 Å². The minimum atomic E-state index is -3.78. The summed E-state index contributed by atoms with van der Waals surface area (Å²) in [4.78, 5) is 16.2. The summed E-state index contributed by atoms with van der Waals surface area (Å²) in [6.45, 7) is 0.456. The highest BCUT2D eigenvalue weighted by molar-refractivity contribution is 7.89. The summed E-state index contributed by atoms with van der Waals surface area (Å²) in [5.41, 5.74) is 2.27. The van der Waals surface area contributed by atoms with Gasteiger partial charge in [-0.1, -0.05) is 29.3 Å². The number of benzene rings is 1. The van der Waals surface area contributed by atoms with Gasteiger partial charge in [-0.05, 0) is 25.0 Å². The molecule has 1 saturated heterocycles. The van der Waals surface area contributed by atoms with Crippen molar-refractivity contribution in [3.8, 4) is 0 Å². The molecule has 9 heteroatoms. The first kappa shape index (κ1) is 17.5. The standard InChI is InChI=1S/C13H16Cl2N2O4S/c1-21-16-13(18)9-5-7-17(8-6-9)22(19,20)12-10(14)3-2-4-11(12)15/h2-4,9H,5-8H2,1H3,(H,16,18). The van der Waals surface area contributed by atoms with Crippen LogP contribution in [0.15, 0.2) is 23.1 Å². The van der Waals surface area contributed by atoms with Crippen LogP contribution in [0, 0.1) is 5.92 Å². The van der Waals surface area contributed by atoms with Gasteiger partial charge in [0.1, 0.15) is 4.90 Å². The Kier molecular flexibility index (Phi) is 5.68. The predicted octanol–water partition coefficient (Wildman–Crippen LogP) is 2.07. The molecule has 122 valence electrons. The molecule has 6 nitrogen and oxygen atoms in total. The number of nitrogens with zero attached hydrogens (tertiary/aromatic N) is 1. The Morgan fingerprint density at radius 3 is 2.32 bits per heavy atom. The van der Waals surface area contributed by atoms with E-state index < -0.39 is 10.0 Å². The monoisotopic (exact) mass is 366 g/mol. The van der Waals surface area contributed by atoms with Crippen molar-refractivity contribution in [3.63, 3.8) is 0 Å². The molecule has 0 saturated carbocycles. The molecule has 2 rings (SSSR count). The molecule has 0 unspecified atom stereocenters. The quantitative estimate of drug-likeness (QED) is 0.827. The highest BCUT2D eigenvalue weighted by atomic mass is 35.5. The second-order valence-electron chi connectivity index (χ2n) is 4.90. The molecule has 0 aromatic heterocycles. The van der Waals surface area contributed by atoms with E-state index in [1.807, 2.05) is 0 Å². The third-order valence-electron chi connectivity index (χ3n) is 3.54. The van der Waals surface area contributed by atoms with Gasteiger partial charge < -0.3 is 0 Å². The van der Waals surface area contributed by atoms with Gasteiger partial charge in [0.05, 0.1) is 17.2 Å². The number of amides is 1. The van der Waals surface area contributed by atoms with Gasteiger partial charge in [0, 0.05) is 19.0 Å². The number of carbonyl (C=O) groups is 1. The molecule has 0 aliphatic carbocycles. The average molecular weight is 367 g/mol. The Labute approximate surface area is 139 Å². The van der Waals surface area contributed by atoms with E-state index in [0.29, 0.717) is 12.8 Å². The van der Waals surface area contributed by atoms with Gasteiger partial charge in [0.15, 0.2) is 0 Å². The van der Waals surface area contributed by atoms with Crippen LogP contribution in [0.25, 0.3) is 0 Å². The second kappa shape index (κ2) is 7.14. The van der Waals surface area contributed by atoms with E-state index >= 15 is 0 Å². The van der Waals surface area contributed by atoms with Crippen LogP contribution in [-0.2, 0) is 19.7 Å². The summed E-state index contributed by atoms with van der Waals surface area (Å²) < 4.78 is 26.6. The maximum atomic E-state index is 12.7. The number of sulfonamides is 1. The summed E-state index contributed by atoms with van der Waals surface area (Å²) in [7, 11) is -2.42. The van der Waals surface area contributed by atoms with E-state index in [1.54, 1.807) is 6.07 Å². The van der Waals surface area contributed by atoms with Crippen molar-refractivity contribution in [2.24, 2.45) is 5.92 Å². The zero-order valence-electron chi connectivity index (χ0n) is 11.9. The number of halogens is 2. The predicted molar refractivity (Wildman–Crippen MR) is 83.1 cm³/mol. The highest BCUT2D eigenvalue weighted by Crippen LogP contribution is 2.33. The summed E-state index contributed by atoms with van der Waals surface area (Å²) in [5, 5.41) is 0.179. The lowest BCUT2D eigenvalue weighted by Crippen LogP contribution is -2.42. The number of piperidine rings is 1. The molecule has 1 aromatic carbocycles. The Morgan fingerprint density at radius 2 is 1.82 bits per heavy atom. The Hall–Kier alpha value is -0.860. The van der Waals surface area contributed by atoms with E-state index in [9.17, 15) is 13.2 Å². The molecular weight excluding hydrogens is 351 g/mol. The van der Waals surface area contributed by atoms with Crippen LogP contribution in [0.1, 0.15) is 12.8 Å². The summed E-state index contributed by atoms with van der Waals surface area (Å²) in [6.07, 6.45) is 0.826. The van der Waals surface area contributed by atoms with Crippen LogP contribution in [0.5, 0.6) is 0 Å². The Balaban J connectivity index is 2.15. The number of hydroxylamine groups is 1. The molecule has 1 amide bonds. The Bertz CT molecular complexity index is 638. The van der Waals surface area contributed by atoms with Crippen molar-refractivity contribution in [1.82, 2.24) is 9.79 Å². The average Bonchev–Trinajstić information content (AvgIpc) is 2.47. The number of hydrogen-bond donors (Lipinski definition) is 1. The van der Waals surface area contributed by atoms with E-state index in [0.717, 1.165) is 0 Å². The van der Waals surface area contributed by atoms with Gasteiger partial charge in [0.2, 0.25) is 15.9 Å². The topological polar surface area (TPSA) is 75.7 Å². The normalized spacial score (nSPS) is 17.4. The van der Waals surface area contributed by atoms with Crippen LogP contribution in [-0.4, -0.2) is 38.8 Å². The molecule has 1 aromatic rings. The SMILES string of the molecule is CONC(=O)C1CCN(S(=O)(=O)c2c(Cl)cccc2Cl)CC1. The molecule has 1 N–H and O–H groups in total.